The summed E-state index contributed by atoms with van der Waals surface area (Å²) >= 11 is 5.80. The molecule has 1 amide bonds. The highest BCUT2D eigenvalue weighted by Gasteiger charge is 2.14. The van der Waals surface area contributed by atoms with Crippen molar-refractivity contribution in [2.45, 2.75) is 6.73 Å². The predicted octanol–water partition coefficient (Wildman–Crippen LogP) is 1.32. The number of para-hydroxylation sites is 1. The lowest BCUT2D eigenvalue weighted by Crippen LogP contribution is -2.30. The monoisotopic (exact) mass is 284 g/mol. The molecule has 0 aliphatic carbocycles. The van der Waals surface area contributed by atoms with E-state index in [1.165, 1.54) is 23.0 Å². The topological polar surface area (TPSA) is 82.2 Å². The van der Waals surface area contributed by atoms with Crippen LogP contribution < -0.4 is 16.0 Å². The summed E-state index contributed by atoms with van der Waals surface area (Å²) in [4.78, 5) is 11.3. The Bertz CT molecular complexity index is 602. The normalized spacial score (nSPS) is 10.3. The molecule has 0 atom stereocenters. The van der Waals surface area contributed by atoms with Crippen LogP contribution in [0.3, 0.4) is 0 Å². The number of benzene rings is 1. The van der Waals surface area contributed by atoms with E-state index in [2.05, 4.69) is 5.10 Å². The zero-order valence-corrected chi connectivity index (χ0v) is 10.4. The van der Waals surface area contributed by atoms with Gasteiger partial charge in [-0.2, -0.15) is 5.10 Å². The summed E-state index contributed by atoms with van der Waals surface area (Å²) in [6.45, 7) is -0.0848. The highest BCUT2D eigenvalue weighted by atomic mass is 35.5. The summed E-state index contributed by atoms with van der Waals surface area (Å²) in [7, 11) is 0. The fourth-order valence-electron chi connectivity index (χ4n) is 1.38. The fourth-order valence-corrected chi connectivity index (χ4v) is 1.62. The minimum atomic E-state index is -0.616. The molecule has 2 aromatic rings. The minimum Gasteiger partial charge on any atom is -0.468 e. The average molecular weight is 285 g/mol. The number of ether oxygens (including phenoxy) is 1. The molecular weight excluding hydrogens is 275 g/mol. The quantitative estimate of drug-likeness (QED) is 0.504. The SMILES string of the molecule is NNC(=O)c1nn(COc2ccccc2F)cc1Cl. The molecule has 0 unspecified atom stereocenters. The van der Waals surface area contributed by atoms with Gasteiger partial charge in [-0.1, -0.05) is 23.7 Å². The van der Waals surface area contributed by atoms with E-state index < -0.39 is 11.7 Å². The van der Waals surface area contributed by atoms with Crippen LogP contribution in [0.4, 0.5) is 4.39 Å². The third-order valence-corrected chi connectivity index (χ3v) is 2.53. The molecule has 0 fully saturated rings. The van der Waals surface area contributed by atoms with Gasteiger partial charge in [-0.3, -0.25) is 10.2 Å². The largest absolute Gasteiger partial charge is 0.468 e. The molecule has 6 nitrogen and oxygen atoms in total. The van der Waals surface area contributed by atoms with E-state index in [1.54, 1.807) is 12.1 Å². The lowest BCUT2D eigenvalue weighted by atomic mass is 10.3. The molecular formula is C11H10ClFN4O2. The summed E-state index contributed by atoms with van der Waals surface area (Å²) in [5, 5.41) is 4.00. The van der Waals surface area contributed by atoms with Gasteiger partial charge in [0.1, 0.15) is 0 Å². The number of hydrogen-bond acceptors (Lipinski definition) is 4. The standard InChI is InChI=1S/C11H10ClFN4O2/c12-7-5-17(16-10(7)11(18)15-14)6-19-9-4-2-1-3-8(9)13/h1-5H,6,14H2,(H,15,18). The highest BCUT2D eigenvalue weighted by Crippen LogP contribution is 2.17. The number of nitrogens with one attached hydrogen (secondary N) is 1. The molecule has 2 rings (SSSR count). The third kappa shape index (κ3) is 3.01. The highest BCUT2D eigenvalue weighted by molar-refractivity contribution is 6.33. The van der Waals surface area contributed by atoms with Crippen molar-refractivity contribution in [3.05, 3.63) is 47.0 Å². The Balaban J connectivity index is 2.09. The second-order valence-electron chi connectivity index (χ2n) is 3.54. The van der Waals surface area contributed by atoms with Gasteiger partial charge in [0, 0.05) is 6.20 Å². The molecule has 0 radical (unpaired) electrons. The maximum atomic E-state index is 13.3. The predicted molar refractivity (Wildman–Crippen MR) is 65.9 cm³/mol. The Hall–Kier alpha value is -2.12. The van der Waals surface area contributed by atoms with Gasteiger partial charge < -0.3 is 4.74 Å². The summed E-state index contributed by atoms with van der Waals surface area (Å²) in [6.07, 6.45) is 1.38. The molecule has 3 N–H and O–H groups in total. The van der Waals surface area contributed by atoms with E-state index in [0.29, 0.717) is 0 Å². The van der Waals surface area contributed by atoms with Crippen LogP contribution in [0.5, 0.6) is 5.75 Å². The van der Waals surface area contributed by atoms with Gasteiger partial charge in [-0.05, 0) is 12.1 Å². The van der Waals surface area contributed by atoms with Crippen LogP contribution in [0.1, 0.15) is 10.5 Å². The summed E-state index contributed by atoms with van der Waals surface area (Å²) in [5.41, 5.74) is 1.89. The van der Waals surface area contributed by atoms with Crippen molar-refractivity contribution in [3.63, 3.8) is 0 Å². The van der Waals surface area contributed by atoms with Crippen molar-refractivity contribution in [3.8, 4) is 5.75 Å². The fraction of sp³-hybridized carbons (Fsp3) is 0.0909. The van der Waals surface area contributed by atoms with E-state index in [0.717, 1.165) is 0 Å². The lowest BCUT2D eigenvalue weighted by molar-refractivity contribution is 0.0946. The molecule has 1 aromatic heterocycles. The second-order valence-corrected chi connectivity index (χ2v) is 3.95. The molecule has 0 aliphatic rings. The molecule has 100 valence electrons. The maximum Gasteiger partial charge on any atom is 0.287 e. The smallest absolute Gasteiger partial charge is 0.287 e. The number of hydrazine groups is 1. The van der Waals surface area contributed by atoms with Crippen molar-refractivity contribution >= 4 is 17.5 Å². The number of carbonyl (C=O) groups excluding carboxylic acids is 1. The number of nitrogen functional groups attached to an aromatic ring is 1. The molecule has 8 heteroatoms. The van der Waals surface area contributed by atoms with Crippen LogP contribution in [-0.2, 0) is 6.73 Å². The van der Waals surface area contributed by atoms with Crippen LogP contribution in [0.15, 0.2) is 30.5 Å². The first kappa shape index (κ1) is 13.3. The van der Waals surface area contributed by atoms with E-state index in [4.69, 9.17) is 22.2 Å². The summed E-state index contributed by atoms with van der Waals surface area (Å²) in [6, 6.07) is 5.95. The van der Waals surface area contributed by atoms with Gasteiger partial charge in [-0.25, -0.2) is 14.9 Å². The molecule has 19 heavy (non-hydrogen) atoms. The first-order valence-electron chi connectivity index (χ1n) is 5.23. The number of aromatic nitrogens is 2. The van der Waals surface area contributed by atoms with E-state index in [9.17, 15) is 9.18 Å². The number of amides is 1. The molecule has 1 heterocycles. The first-order chi connectivity index (χ1) is 9.11. The molecule has 0 bridgehead atoms. The van der Waals surface area contributed by atoms with Crippen molar-refractivity contribution in [1.82, 2.24) is 15.2 Å². The first-order valence-corrected chi connectivity index (χ1v) is 5.61. The zero-order chi connectivity index (χ0) is 13.8. The number of hydrogen-bond donors (Lipinski definition) is 2. The van der Waals surface area contributed by atoms with Crippen LogP contribution in [-0.4, -0.2) is 15.7 Å². The number of carbonyl (C=O) groups is 1. The van der Waals surface area contributed by atoms with Gasteiger partial charge in [0.15, 0.2) is 24.0 Å². The average Bonchev–Trinajstić information content (AvgIpc) is 2.78. The Morgan fingerprint density at radius 1 is 1.53 bits per heavy atom. The van der Waals surface area contributed by atoms with Gasteiger partial charge in [0.2, 0.25) is 0 Å². The van der Waals surface area contributed by atoms with Crippen molar-refractivity contribution < 1.29 is 13.9 Å². The molecule has 0 saturated carbocycles. The minimum absolute atomic E-state index is 0.0266. The van der Waals surface area contributed by atoms with E-state index >= 15 is 0 Å². The zero-order valence-electron chi connectivity index (χ0n) is 9.64. The van der Waals surface area contributed by atoms with Crippen molar-refractivity contribution in [2.75, 3.05) is 0 Å². The van der Waals surface area contributed by atoms with Gasteiger partial charge in [0.25, 0.3) is 5.91 Å². The molecule has 1 aromatic carbocycles. The Labute approximate surface area is 112 Å². The third-order valence-electron chi connectivity index (χ3n) is 2.25. The Kier molecular flexibility index (Phi) is 3.98. The number of halogens is 2. The van der Waals surface area contributed by atoms with Crippen molar-refractivity contribution in [2.24, 2.45) is 5.84 Å². The molecule has 0 saturated heterocycles. The van der Waals surface area contributed by atoms with Gasteiger partial charge in [0.05, 0.1) is 5.02 Å². The Morgan fingerprint density at radius 3 is 2.95 bits per heavy atom. The van der Waals surface area contributed by atoms with Crippen LogP contribution in [0.25, 0.3) is 0 Å². The van der Waals surface area contributed by atoms with Gasteiger partial charge >= 0.3 is 0 Å². The second kappa shape index (κ2) is 5.68. The summed E-state index contributed by atoms with van der Waals surface area (Å²) in [5.74, 6) is 3.96. The van der Waals surface area contributed by atoms with Crippen LogP contribution >= 0.6 is 11.6 Å². The van der Waals surface area contributed by atoms with Crippen LogP contribution in [0.2, 0.25) is 5.02 Å². The van der Waals surface area contributed by atoms with Gasteiger partial charge in [-0.15, -0.1) is 0 Å². The van der Waals surface area contributed by atoms with Crippen LogP contribution in [0, 0.1) is 5.82 Å². The number of nitrogens with two attached hydrogens (primary N) is 1. The molecule has 0 aliphatic heterocycles. The summed E-state index contributed by atoms with van der Waals surface area (Å²) < 4.78 is 19.8. The van der Waals surface area contributed by atoms with Crippen molar-refractivity contribution in [1.29, 1.82) is 0 Å². The number of rotatable bonds is 4. The Morgan fingerprint density at radius 2 is 2.26 bits per heavy atom. The number of nitrogens with zero attached hydrogens (tertiary/aromatic N) is 2. The van der Waals surface area contributed by atoms with E-state index in [1.807, 2.05) is 5.43 Å². The molecule has 0 spiro atoms. The maximum absolute atomic E-state index is 13.3. The lowest BCUT2D eigenvalue weighted by Gasteiger charge is -2.06. The van der Waals surface area contributed by atoms with E-state index in [-0.39, 0.29) is 23.2 Å².